The quantitative estimate of drug-likeness (QED) is 0.572. The van der Waals surface area contributed by atoms with E-state index in [4.69, 9.17) is 14.2 Å². The molecule has 0 bridgehead atoms. The summed E-state index contributed by atoms with van der Waals surface area (Å²) in [6.45, 7) is 3.94. The number of Topliss-reactive ketones (excluding diaryl/α,β-unsaturated/α-hetero) is 1. The largest absolute Gasteiger partial charge is 0.490 e. The second kappa shape index (κ2) is 6.52. The monoisotopic (exact) mass is 250 g/mol. The molecule has 0 radical (unpaired) electrons. The summed E-state index contributed by atoms with van der Waals surface area (Å²) >= 11 is 0. The number of hydrogen-bond acceptors (Lipinski definition) is 4. The Bertz CT molecular complexity index is 397. The maximum Gasteiger partial charge on any atom is 0.163 e. The Labute approximate surface area is 107 Å². The van der Waals surface area contributed by atoms with Crippen LogP contribution in [0.5, 0.6) is 5.75 Å². The molecular formula is C14H18O4. The minimum Gasteiger partial charge on any atom is -0.490 e. The first-order valence-electron chi connectivity index (χ1n) is 6.19. The van der Waals surface area contributed by atoms with Gasteiger partial charge >= 0.3 is 0 Å². The summed E-state index contributed by atoms with van der Waals surface area (Å²) in [6.07, 6.45) is 1.14. The van der Waals surface area contributed by atoms with E-state index in [9.17, 15) is 4.79 Å². The van der Waals surface area contributed by atoms with Gasteiger partial charge in [0.25, 0.3) is 0 Å². The molecule has 1 aromatic carbocycles. The summed E-state index contributed by atoms with van der Waals surface area (Å²) in [6, 6.07) is 7.25. The third-order valence-corrected chi connectivity index (χ3v) is 2.85. The molecule has 1 aromatic rings. The van der Waals surface area contributed by atoms with Gasteiger partial charge in [0, 0.05) is 6.61 Å². The van der Waals surface area contributed by atoms with Crippen molar-refractivity contribution in [2.24, 2.45) is 0 Å². The van der Waals surface area contributed by atoms with Crippen molar-refractivity contribution < 1.29 is 19.0 Å². The molecule has 1 saturated heterocycles. The van der Waals surface area contributed by atoms with E-state index in [-0.39, 0.29) is 11.9 Å². The minimum absolute atomic E-state index is 0.00992. The van der Waals surface area contributed by atoms with Gasteiger partial charge in [-0.25, -0.2) is 0 Å². The number of ketones is 1. The summed E-state index contributed by atoms with van der Waals surface area (Å²) < 4.78 is 16.4. The predicted molar refractivity (Wildman–Crippen MR) is 67.1 cm³/mol. The number of benzene rings is 1. The number of carbonyl (C=O) groups excluding carboxylic acids is 1. The number of rotatable bonds is 6. The van der Waals surface area contributed by atoms with E-state index >= 15 is 0 Å². The Morgan fingerprint density at radius 1 is 1.39 bits per heavy atom. The highest BCUT2D eigenvalue weighted by Crippen LogP contribution is 2.18. The van der Waals surface area contributed by atoms with Crippen molar-refractivity contribution >= 4 is 5.78 Å². The molecule has 1 unspecified atom stereocenters. The van der Waals surface area contributed by atoms with Crippen LogP contribution in [0.4, 0.5) is 0 Å². The first-order chi connectivity index (χ1) is 8.77. The van der Waals surface area contributed by atoms with E-state index in [1.165, 1.54) is 6.92 Å². The van der Waals surface area contributed by atoms with Crippen LogP contribution in [0.3, 0.4) is 0 Å². The summed E-state index contributed by atoms with van der Waals surface area (Å²) in [5.41, 5.74) is 0.613. The highest BCUT2D eigenvalue weighted by atomic mass is 16.6. The molecule has 4 heteroatoms. The van der Waals surface area contributed by atoms with E-state index < -0.39 is 0 Å². The second-order valence-corrected chi connectivity index (χ2v) is 4.26. The normalized spacial score (nSPS) is 18.8. The van der Waals surface area contributed by atoms with Gasteiger partial charge in [0.05, 0.1) is 24.9 Å². The van der Waals surface area contributed by atoms with E-state index in [1.54, 1.807) is 12.1 Å². The van der Waals surface area contributed by atoms with Crippen LogP contribution < -0.4 is 4.74 Å². The molecule has 4 nitrogen and oxygen atoms in total. The molecule has 2 rings (SSSR count). The van der Waals surface area contributed by atoms with Crippen LogP contribution in [-0.4, -0.2) is 38.3 Å². The topological polar surface area (TPSA) is 44.8 Å². The van der Waals surface area contributed by atoms with Crippen molar-refractivity contribution in [2.45, 2.75) is 19.4 Å². The molecule has 1 atom stereocenters. The Kier molecular flexibility index (Phi) is 4.73. The zero-order chi connectivity index (χ0) is 12.8. The lowest BCUT2D eigenvalue weighted by Gasteiger charge is -2.12. The van der Waals surface area contributed by atoms with Crippen molar-refractivity contribution in [3.05, 3.63) is 29.8 Å². The van der Waals surface area contributed by atoms with Gasteiger partial charge in [0.1, 0.15) is 12.4 Å². The van der Waals surface area contributed by atoms with Crippen molar-refractivity contribution in [3.8, 4) is 5.75 Å². The summed E-state index contributed by atoms with van der Waals surface area (Å²) in [5.74, 6) is 0.631. The molecule has 0 N–H and O–H groups in total. The van der Waals surface area contributed by atoms with Crippen LogP contribution in [0.15, 0.2) is 24.3 Å². The second-order valence-electron chi connectivity index (χ2n) is 4.26. The van der Waals surface area contributed by atoms with Gasteiger partial charge in [-0.1, -0.05) is 12.1 Å². The van der Waals surface area contributed by atoms with Crippen molar-refractivity contribution in [1.29, 1.82) is 0 Å². The molecule has 98 valence electrons. The fourth-order valence-corrected chi connectivity index (χ4v) is 1.89. The Morgan fingerprint density at radius 2 is 2.22 bits per heavy atom. The Morgan fingerprint density at radius 3 is 2.94 bits per heavy atom. The zero-order valence-corrected chi connectivity index (χ0v) is 10.6. The van der Waals surface area contributed by atoms with Crippen LogP contribution >= 0.6 is 0 Å². The smallest absolute Gasteiger partial charge is 0.163 e. The number of ether oxygens (including phenoxy) is 3. The van der Waals surface area contributed by atoms with Crippen molar-refractivity contribution in [2.75, 3.05) is 26.4 Å². The van der Waals surface area contributed by atoms with Gasteiger partial charge in [0.2, 0.25) is 0 Å². The number of hydrogen-bond donors (Lipinski definition) is 0. The third kappa shape index (κ3) is 3.55. The standard InChI is InChI=1S/C14H18O4/c1-11(15)13-4-2-3-5-14(13)18-9-8-17-12-6-7-16-10-12/h2-5,12H,6-10H2,1H3. The van der Waals surface area contributed by atoms with Gasteiger partial charge in [-0.05, 0) is 25.5 Å². The molecule has 0 amide bonds. The molecule has 1 heterocycles. The van der Waals surface area contributed by atoms with Gasteiger partial charge in [-0.2, -0.15) is 0 Å². The zero-order valence-electron chi connectivity index (χ0n) is 10.6. The average Bonchev–Trinajstić information content (AvgIpc) is 2.88. The Balaban J connectivity index is 1.77. The van der Waals surface area contributed by atoms with Gasteiger partial charge in [0.15, 0.2) is 5.78 Å². The van der Waals surface area contributed by atoms with E-state index in [0.717, 1.165) is 13.0 Å². The summed E-state index contributed by atoms with van der Waals surface area (Å²) in [5, 5.41) is 0. The molecular weight excluding hydrogens is 232 g/mol. The van der Waals surface area contributed by atoms with Crippen molar-refractivity contribution in [3.63, 3.8) is 0 Å². The van der Waals surface area contributed by atoms with E-state index in [2.05, 4.69) is 0 Å². The summed E-state index contributed by atoms with van der Waals surface area (Å²) in [7, 11) is 0. The highest BCUT2D eigenvalue weighted by molar-refractivity contribution is 5.96. The number of para-hydroxylation sites is 1. The van der Waals surface area contributed by atoms with Crippen LogP contribution in [0.25, 0.3) is 0 Å². The molecule has 1 fully saturated rings. The molecule has 0 saturated carbocycles. The van der Waals surface area contributed by atoms with E-state index in [0.29, 0.717) is 31.1 Å². The summed E-state index contributed by atoms with van der Waals surface area (Å²) in [4.78, 5) is 11.4. The molecule has 0 spiro atoms. The highest BCUT2D eigenvalue weighted by Gasteiger charge is 2.15. The van der Waals surface area contributed by atoms with Crippen LogP contribution in [-0.2, 0) is 9.47 Å². The SMILES string of the molecule is CC(=O)c1ccccc1OCCOC1CCOC1. The lowest BCUT2D eigenvalue weighted by molar-refractivity contribution is 0.0264. The lowest BCUT2D eigenvalue weighted by atomic mass is 10.1. The Hall–Kier alpha value is -1.39. The maximum absolute atomic E-state index is 11.4. The molecule has 0 aliphatic carbocycles. The predicted octanol–water partition coefficient (Wildman–Crippen LogP) is 2.07. The third-order valence-electron chi connectivity index (χ3n) is 2.85. The van der Waals surface area contributed by atoms with Gasteiger partial charge < -0.3 is 14.2 Å². The number of carbonyl (C=O) groups is 1. The molecule has 18 heavy (non-hydrogen) atoms. The van der Waals surface area contributed by atoms with Crippen LogP contribution in [0.1, 0.15) is 23.7 Å². The lowest BCUT2D eigenvalue weighted by Crippen LogP contribution is -2.17. The first kappa shape index (κ1) is 13.1. The molecule has 0 aromatic heterocycles. The molecule has 1 aliphatic rings. The van der Waals surface area contributed by atoms with E-state index in [1.807, 2.05) is 12.1 Å². The van der Waals surface area contributed by atoms with Gasteiger partial charge in [-0.15, -0.1) is 0 Å². The minimum atomic E-state index is 0.00992. The van der Waals surface area contributed by atoms with Crippen molar-refractivity contribution in [1.82, 2.24) is 0 Å². The maximum atomic E-state index is 11.4. The van der Waals surface area contributed by atoms with Gasteiger partial charge in [-0.3, -0.25) is 4.79 Å². The first-order valence-corrected chi connectivity index (χ1v) is 6.19. The molecule has 1 aliphatic heterocycles. The fraction of sp³-hybridized carbons (Fsp3) is 0.500. The fourth-order valence-electron chi connectivity index (χ4n) is 1.89. The average molecular weight is 250 g/mol. The van der Waals surface area contributed by atoms with Crippen LogP contribution in [0.2, 0.25) is 0 Å². The van der Waals surface area contributed by atoms with Crippen LogP contribution in [0, 0.1) is 0 Å².